The molecule has 8 nitrogen and oxygen atoms in total. The number of rotatable bonds is 5. The molecule has 33 heavy (non-hydrogen) atoms. The van der Waals surface area contributed by atoms with Gasteiger partial charge in [-0.2, -0.15) is 0 Å². The SMILES string of the molecule is Cc1[nH]c(C=C2C(=O)Nc3ccc(CN4CCOC4=O)cc32)c(C)c1CN1CCOCC1.Cl. The lowest BCUT2D eigenvalue weighted by Gasteiger charge is -2.26. The van der Waals surface area contributed by atoms with Gasteiger partial charge in [-0.25, -0.2) is 4.79 Å². The summed E-state index contributed by atoms with van der Waals surface area (Å²) in [6, 6.07) is 5.84. The van der Waals surface area contributed by atoms with Gasteiger partial charge in [0, 0.05) is 48.8 Å². The summed E-state index contributed by atoms with van der Waals surface area (Å²) in [4.78, 5) is 32.1. The maximum atomic E-state index is 12.8. The molecule has 3 aliphatic rings. The molecule has 2 N–H and O–H groups in total. The van der Waals surface area contributed by atoms with E-state index in [1.807, 2.05) is 24.3 Å². The number of nitrogens with zero attached hydrogens (tertiary/aromatic N) is 2. The summed E-state index contributed by atoms with van der Waals surface area (Å²) in [5.41, 5.74) is 7.78. The number of carbonyl (C=O) groups is 2. The van der Waals surface area contributed by atoms with Gasteiger partial charge in [0.1, 0.15) is 6.61 Å². The summed E-state index contributed by atoms with van der Waals surface area (Å²) < 4.78 is 10.5. The highest BCUT2D eigenvalue weighted by atomic mass is 35.5. The predicted octanol–water partition coefficient (Wildman–Crippen LogP) is 3.33. The Balaban J connectivity index is 0.00000259. The topological polar surface area (TPSA) is 86.9 Å². The molecule has 2 amide bonds. The molecule has 1 aromatic heterocycles. The maximum absolute atomic E-state index is 12.8. The van der Waals surface area contributed by atoms with Gasteiger partial charge in [0.05, 0.1) is 25.3 Å². The van der Waals surface area contributed by atoms with Crippen molar-refractivity contribution in [3.8, 4) is 0 Å². The van der Waals surface area contributed by atoms with Crippen LogP contribution in [0, 0.1) is 13.8 Å². The van der Waals surface area contributed by atoms with Crippen LogP contribution in [-0.4, -0.2) is 66.2 Å². The minimum Gasteiger partial charge on any atom is -0.448 e. The first kappa shape index (κ1) is 23.4. The van der Waals surface area contributed by atoms with Crippen molar-refractivity contribution in [1.82, 2.24) is 14.8 Å². The first-order chi connectivity index (χ1) is 15.5. The van der Waals surface area contributed by atoms with E-state index >= 15 is 0 Å². The van der Waals surface area contributed by atoms with Crippen LogP contribution in [0.4, 0.5) is 10.5 Å². The summed E-state index contributed by atoms with van der Waals surface area (Å²) in [5.74, 6) is -0.112. The lowest BCUT2D eigenvalue weighted by molar-refractivity contribution is -0.110. The first-order valence-electron chi connectivity index (χ1n) is 11.1. The Hall–Kier alpha value is -2.81. The number of cyclic esters (lactones) is 1. The molecule has 0 unspecified atom stereocenters. The van der Waals surface area contributed by atoms with Gasteiger partial charge in [0.15, 0.2) is 0 Å². The number of anilines is 1. The summed E-state index contributed by atoms with van der Waals surface area (Å²) in [6.45, 7) is 9.96. The number of amides is 2. The van der Waals surface area contributed by atoms with E-state index in [2.05, 4.69) is 29.0 Å². The number of halogens is 1. The van der Waals surface area contributed by atoms with Gasteiger partial charge in [0.2, 0.25) is 0 Å². The molecule has 9 heteroatoms. The number of hydrogen-bond donors (Lipinski definition) is 2. The Bertz CT molecular complexity index is 1100. The van der Waals surface area contributed by atoms with Crippen LogP contribution in [0.25, 0.3) is 11.6 Å². The summed E-state index contributed by atoms with van der Waals surface area (Å²) in [7, 11) is 0. The fourth-order valence-corrected chi connectivity index (χ4v) is 4.59. The van der Waals surface area contributed by atoms with Crippen molar-refractivity contribution in [2.24, 2.45) is 0 Å². The molecule has 2 fully saturated rings. The molecule has 0 atom stereocenters. The Morgan fingerprint density at radius 3 is 2.58 bits per heavy atom. The molecule has 2 aromatic rings. The Morgan fingerprint density at radius 1 is 1.06 bits per heavy atom. The number of benzene rings is 1. The second kappa shape index (κ2) is 9.59. The van der Waals surface area contributed by atoms with Crippen LogP contribution in [0.5, 0.6) is 0 Å². The number of ether oxygens (including phenoxy) is 2. The number of aryl methyl sites for hydroxylation is 1. The number of aromatic nitrogens is 1. The van der Waals surface area contributed by atoms with Crippen molar-refractivity contribution in [2.75, 3.05) is 44.8 Å². The largest absolute Gasteiger partial charge is 0.448 e. The zero-order valence-electron chi connectivity index (χ0n) is 18.9. The van der Waals surface area contributed by atoms with E-state index in [-0.39, 0.29) is 24.4 Å². The fraction of sp³-hybridized carbons (Fsp3) is 0.417. The number of H-pyrrole nitrogens is 1. The van der Waals surface area contributed by atoms with Crippen LogP contribution in [-0.2, 0) is 27.4 Å². The molecule has 0 radical (unpaired) electrons. The van der Waals surface area contributed by atoms with Crippen molar-refractivity contribution >= 4 is 41.7 Å². The Kier molecular flexibility index (Phi) is 6.78. The second-order valence-electron chi connectivity index (χ2n) is 8.58. The van der Waals surface area contributed by atoms with Gasteiger partial charge < -0.3 is 24.7 Å². The van der Waals surface area contributed by atoms with Gasteiger partial charge in [-0.3, -0.25) is 9.69 Å². The lowest BCUT2D eigenvalue weighted by Crippen LogP contribution is -2.35. The average Bonchev–Trinajstić information content (AvgIpc) is 3.41. The standard InChI is InChI=1S/C24H28N4O4.ClH/c1-15-20(14-27-5-8-31-9-6-27)16(2)25-22(15)12-19-18-11-17(3-4-21(18)26-23(19)29)13-28-7-10-32-24(28)30;/h3-4,11-12,25H,5-10,13-14H2,1-2H3,(H,26,29);1H. The third-order valence-corrected chi connectivity index (χ3v) is 6.49. The van der Waals surface area contributed by atoms with Gasteiger partial charge in [-0.1, -0.05) is 6.07 Å². The molecule has 3 aliphatic heterocycles. The van der Waals surface area contributed by atoms with Gasteiger partial charge >= 0.3 is 6.09 Å². The van der Waals surface area contributed by atoms with Crippen molar-refractivity contribution < 1.29 is 19.1 Å². The number of hydrogen-bond acceptors (Lipinski definition) is 5. The van der Waals surface area contributed by atoms with Crippen molar-refractivity contribution in [2.45, 2.75) is 26.9 Å². The molecule has 2 saturated heterocycles. The molecule has 0 aliphatic carbocycles. The smallest absolute Gasteiger partial charge is 0.410 e. The maximum Gasteiger partial charge on any atom is 0.410 e. The van der Waals surface area contributed by atoms with E-state index in [0.29, 0.717) is 25.3 Å². The van der Waals surface area contributed by atoms with E-state index in [4.69, 9.17) is 9.47 Å². The van der Waals surface area contributed by atoms with E-state index in [9.17, 15) is 9.59 Å². The Morgan fingerprint density at radius 2 is 1.85 bits per heavy atom. The Labute approximate surface area is 199 Å². The summed E-state index contributed by atoms with van der Waals surface area (Å²) in [6.07, 6.45) is 1.65. The van der Waals surface area contributed by atoms with Crippen LogP contribution in [0.1, 0.15) is 33.6 Å². The fourth-order valence-electron chi connectivity index (χ4n) is 4.59. The molecule has 0 bridgehead atoms. The minimum atomic E-state index is -0.291. The highest BCUT2D eigenvalue weighted by Gasteiger charge is 2.27. The van der Waals surface area contributed by atoms with Gasteiger partial charge in [-0.05, 0) is 48.7 Å². The first-order valence-corrected chi connectivity index (χ1v) is 11.1. The van der Waals surface area contributed by atoms with Crippen LogP contribution in [0.3, 0.4) is 0 Å². The second-order valence-corrected chi connectivity index (χ2v) is 8.58. The number of nitrogens with one attached hydrogen (secondary N) is 2. The van der Waals surface area contributed by atoms with E-state index in [0.717, 1.165) is 61.1 Å². The monoisotopic (exact) mass is 472 g/mol. The van der Waals surface area contributed by atoms with Crippen molar-refractivity contribution in [3.05, 3.63) is 51.8 Å². The minimum absolute atomic E-state index is 0. The van der Waals surface area contributed by atoms with Gasteiger partial charge in [0.25, 0.3) is 5.91 Å². The highest BCUT2D eigenvalue weighted by Crippen LogP contribution is 2.35. The van der Waals surface area contributed by atoms with Crippen LogP contribution in [0.15, 0.2) is 18.2 Å². The molecule has 0 spiro atoms. The average molecular weight is 473 g/mol. The van der Waals surface area contributed by atoms with E-state index in [1.165, 1.54) is 11.1 Å². The molecule has 0 saturated carbocycles. The number of aromatic amines is 1. The summed E-state index contributed by atoms with van der Waals surface area (Å²) in [5, 5.41) is 2.96. The molecular weight excluding hydrogens is 444 g/mol. The van der Waals surface area contributed by atoms with Crippen LogP contribution in [0.2, 0.25) is 0 Å². The molecule has 4 heterocycles. The lowest BCUT2D eigenvalue weighted by atomic mass is 10.0. The third kappa shape index (κ3) is 4.64. The molecular formula is C24H29ClN4O4. The van der Waals surface area contributed by atoms with Crippen molar-refractivity contribution in [3.63, 3.8) is 0 Å². The normalized spacial score (nSPS) is 19.5. The van der Waals surface area contributed by atoms with Crippen molar-refractivity contribution in [1.29, 1.82) is 0 Å². The molecule has 5 rings (SSSR count). The third-order valence-electron chi connectivity index (χ3n) is 6.49. The van der Waals surface area contributed by atoms with E-state index in [1.54, 1.807) is 4.90 Å². The van der Waals surface area contributed by atoms with Gasteiger partial charge in [-0.15, -0.1) is 12.4 Å². The zero-order chi connectivity index (χ0) is 22.2. The zero-order valence-corrected chi connectivity index (χ0v) is 19.7. The van der Waals surface area contributed by atoms with Crippen LogP contribution >= 0.6 is 12.4 Å². The summed E-state index contributed by atoms with van der Waals surface area (Å²) >= 11 is 0. The van der Waals surface area contributed by atoms with Crippen LogP contribution < -0.4 is 5.32 Å². The number of carbonyl (C=O) groups excluding carboxylic acids is 2. The number of fused-ring (bicyclic) bond motifs is 1. The molecule has 176 valence electrons. The molecule has 1 aromatic carbocycles. The predicted molar refractivity (Wildman–Crippen MR) is 128 cm³/mol. The quantitative estimate of drug-likeness (QED) is 0.652. The van der Waals surface area contributed by atoms with E-state index < -0.39 is 0 Å². The highest BCUT2D eigenvalue weighted by molar-refractivity contribution is 6.34. The number of morpholine rings is 1.